The van der Waals surface area contributed by atoms with Crippen LogP contribution in [0.15, 0.2) is 0 Å². The minimum atomic E-state index is -0.470. The van der Waals surface area contributed by atoms with Crippen LogP contribution in [0.5, 0.6) is 0 Å². The van der Waals surface area contributed by atoms with Crippen molar-refractivity contribution < 1.29 is 14.9 Å². The van der Waals surface area contributed by atoms with Crippen LogP contribution in [-0.2, 0) is 4.74 Å². The van der Waals surface area contributed by atoms with E-state index in [2.05, 4.69) is 25.3 Å². The predicted octanol–water partition coefficient (Wildman–Crippen LogP) is 2.70. The summed E-state index contributed by atoms with van der Waals surface area (Å²) in [4.78, 5) is 0. The molecule has 0 bridgehead atoms. The highest BCUT2D eigenvalue weighted by atomic mass is 32.1. The van der Waals surface area contributed by atoms with Crippen molar-refractivity contribution in [3.05, 3.63) is 0 Å². The summed E-state index contributed by atoms with van der Waals surface area (Å²) in [6.45, 7) is 3.89. The SMILES string of the molecule is CCC(O)C(CCCS)OC(CCCS)C(O)CC. The second-order valence-electron chi connectivity index (χ2n) is 4.90. The average Bonchev–Trinajstić information content (AvgIpc) is 2.44. The molecular weight excluding hydrogens is 280 g/mol. The van der Waals surface area contributed by atoms with Crippen LogP contribution in [0, 0.1) is 0 Å². The maximum Gasteiger partial charge on any atom is 0.0839 e. The van der Waals surface area contributed by atoms with Gasteiger partial charge in [-0.25, -0.2) is 0 Å². The summed E-state index contributed by atoms with van der Waals surface area (Å²) >= 11 is 8.40. The summed E-state index contributed by atoms with van der Waals surface area (Å²) < 4.78 is 5.99. The first kappa shape index (κ1) is 19.6. The normalized spacial score (nSPS) is 18.0. The molecule has 0 rings (SSSR count). The zero-order valence-corrected chi connectivity index (χ0v) is 14.0. The molecule has 0 radical (unpaired) electrons. The Morgan fingerprint density at radius 3 is 1.47 bits per heavy atom. The molecule has 3 nitrogen and oxygen atoms in total. The summed E-state index contributed by atoms with van der Waals surface area (Å²) in [6.07, 6.45) is 3.37. The van der Waals surface area contributed by atoms with E-state index in [1.165, 1.54) is 0 Å². The largest absolute Gasteiger partial charge is 0.390 e. The number of aliphatic hydroxyl groups excluding tert-OH is 2. The minimum absolute atomic E-state index is 0.205. The third-order valence-electron chi connectivity index (χ3n) is 3.34. The molecule has 116 valence electrons. The molecule has 0 saturated carbocycles. The second-order valence-corrected chi connectivity index (χ2v) is 5.79. The highest BCUT2D eigenvalue weighted by Crippen LogP contribution is 2.19. The van der Waals surface area contributed by atoms with Gasteiger partial charge in [-0.3, -0.25) is 0 Å². The Morgan fingerprint density at radius 2 is 1.21 bits per heavy atom. The quantitative estimate of drug-likeness (QED) is 0.419. The molecule has 0 saturated heterocycles. The maximum atomic E-state index is 10.0. The van der Waals surface area contributed by atoms with E-state index < -0.39 is 12.2 Å². The molecular formula is C14H30O3S2. The number of hydrogen-bond donors (Lipinski definition) is 4. The van der Waals surface area contributed by atoms with Gasteiger partial charge in [-0.1, -0.05) is 13.8 Å². The molecule has 0 spiro atoms. The fourth-order valence-electron chi connectivity index (χ4n) is 2.04. The number of thiol groups is 2. The Kier molecular flexibility index (Phi) is 12.7. The molecule has 0 aromatic rings. The maximum absolute atomic E-state index is 10.0. The van der Waals surface area contributed by atoms with Gasteiger partial charge in [0.05, 0.1) is 24.4 Å². The van der Waals surface area contributed by atoms with Crippen molar-refractivity contribution >= 4 is 25.3 Å². The average molecular weight is 311 g/mol. The number of hydrogen-bond acceptors (Lipinski definition) is 5. The number of aliphatic hydroxyl groups is 2. The predicted molar refractivity (Wildman–Crippen MR) is 87.4 cm³/mol. The molecule has 0 amide bonds. The van der Waals surface area contributed by atoms with Crippen LogP contribution < -0.4 is 0 Å². The fraction of sp³-hybridized carbons (Fsp3) is 1.00. The molecule has 5 heteroatoms. The monoisotopic (exact) mass is 310 g/mol. The first-order valence-corrected chi connectivity index (χ1v) is 8.60. The van der Waals surface area contributed by atoms with Gasteiger partial charge in [0, 0.05) is 0 Å². The lowest BCUT2D eigenvalue weighted by molar-refractivity contribution is -0.122. The van der Waals surface area contributed by atoms with E-state index in [9.17, 15) is 10.2 Å². The zero-order chi connectivity index (χ0) is 14.7. The van der Waals surface area contributed by atoms with Crippen LogP contribution >= 0.6 is 25.3 Å². The summed E-state index contributed by atoms with van der Waals surface area (Å²) in [5, 5.41) is 20.1. The number of rotatable bonds is 12. The van der Waals surface area contributed by atoms with Crippen molar-refractivity contribution in [1.29, 1.82) is 0 Å². The summed E-state index contributed by atoms with van der Waals surface area (Å²) in [6, 6.07) is 0. The summed E-state index contributed by atoms with van der Waals surface area (Å²) in [5.41, 5.74) is 0. The van der Waals surface area contributed by atoms with Crippen molar-refractivity contribution in [3.8, 4) is 0 Å². The highest BCUT2D eigenvalue weighted by Gasteiger charge is 2.25. The molecule has 19 heavy (non-hydrogen) atoms. The van der Waals surface area contributed by atoms with Crippen LogP contribution in [0.3, 0.4) is 0 Å². The lowest BCUT2D eigenvalue weighted by atomic mass is 10.0. The lowest BCUT2D eigenvalue weighted by Crippen LogP contribution is -2.38. The molecule has 0 aliphatic heterocycles. The van der Waals surface area contributed by atoms with E-state index >= 15 is 0 Å². The van der Waals surface area contributed by atoms with Gasteiger partial charge in [-0.05, 0) is 50.0 Å². The standard InChI is InChI=1S/C14H30O3S2/c1-3-11(15)13(7-5-9-18)17-14(8-6-10-19)12(16)4-2/h11-16,18-19H,3-10H2,1-2H3. The van der Waals surface area contributed by atoms with E-state index in [1.807, 2.05) is 13.8 Å². The third-order valence-corrected chi connectivity index (χ3v) is 3.97. The van der Waals surface area contributed by atoms with Gasteiger partial charge in [0.1, 0.15) is 0 Å². The van der Waals surface area contributed by atoms with Crippen molar-refractivity contribution in [2.24, 2.45) is 0 Å². The van der Waals surface area contributed by atoms with Crippen LogP contribution in [0.4, 0.5) is 0 Å². The van der Waals surface area contributed by atoms with Gasteiger partial charge in [-0.15, -0.1) is 0 Å². The Hall–Kier alpha value is 0.580. The topological polar surface area (TPSA) is 49.7 Å². The Bertz CT molecular complexity index is 185. The first-order chi connectivity index (χ1) is 9.10. The van der Waals surface area contributed by atoms with Crippen LogP contribution in [0.1, 0.15) is 52.4 Å². The van der Waals surface area contributed by atoms with E-state index in [1.54, 1.807) is 0 Å². The van der Waals surface area contributed by atoms with E-state index in [0.717, 1.165) is 37.2 Å². The molecule has 0 aliphatic carbocycles. The van der Waals surface area contributed by atoms with Crippen LogP contribution in [0.2, 0.25) is 0 Å². The van der Waals surface area contributed by atoms with Gasteiger partial charge in [0.15, 0.2) is 0 Å². The van der Waals surface area contributed by atoms with Gasteiger partial charge in [0.25, 0.3) is 0 Å². The second kappa shape index (κ2) is 12.3. The molecule has 0 aromatic carbocycles. The Morgan fingerprint density at radius 1 is 0.842 bits per heavy atom. The van der Waals surface area contributed by atoms with Crippen molar-refractivity contribution in [2.75, 3.05) is 11.5 Å². The molecule has 4 atom stereocenters. The number of ether oxygens (including phenoxy) is 1. The third kappa shape index (κ3) is 8.45. The summed E-state index contributed by atoms with van der Waals surface area (Å²) in [7, 11) is 0. The molecule has 0 fully saturated rings. The van der Waals surface area contributed by atoms with E-state index in [-0.39, 0.29) is 12.2 Å². The smallest absolute Gasteiger partial charge is 0.0839 e. The molecule has 0 heterocycles. The van der Waals surface area contributed by atoms with Crippen LogP contribution in [-0.4, -0.2) is 46.1 Å². The molecule has 0 aliphatic rings. The van der Waals surface area contributed by atoms with Gasteiger partial charge >= 0.3 is 0 Å². The summed E-state index contributed by atoms with van der Waals surface area (Å²) in [5.74, 6) is 1.57. The fourth-order valence-corrected chi connectivity index (χ4v) is 2.40. The van der Waals surface area contributed by atoms with Gasteiger partial charge < -0.3 is 14.9 Å². The molecule has 4 unspecified atom stereocenters. The lowest BCUT2D eigenvalue weighted by Gasteiger charge is -2.30. The molecule has 2 N–H and O–H groups in total. The van der Waals surface area contributed by atoms with E-state index in [4.69, 9.17) is 4.74 Å². The Balaban J connectivity index is 4.51. The Labute approximate surface area is 128 Å². The van der Waals surface area contributed by atoms with Crippen molar-refractivity contribution in [2.45, 2.75) is 76.8 Å². The zero-order valence-electron chi connectivity index (χ0n) is 12.2. The van der Waals surface area contributed by atoms with Crippen molar-refractivity contribution in [1.82, 2.24) is 0 Å². The first-order valence-electron chi connectivity index (χ1n) is 7.33. The highest BCUT2D eigenvalue weighted by molar-refractivity contribution is 7.80. The molecule has 0 aromatic heterocycles. The minimum Gasteiger partial charge on any atom is -0.390 e. The van der Waals surface area contributed by atoms with Crippen LogP contribution in [0.25, 0.3) is 0 Å². The van der Waals surface area contributed by atoms with Crippen molar-refractivity contribution in [3.63, 3.8) is 0 Å². The van der Waals surface area contributed by atoms with E-state index in [0.29, 0.717) is 12.8 Å². The van der Waals surface area contributed by atoms with Gasteiger partial charge in [0.2, 0.25) is 0 Å². The van der Waals surface area contributed by atoms with Gasteiger partial charge in [-0.2, -0.15) is 25.3 Å².